The van der Waals surface area contributed by atoms with Crippen LogP contribution in [0.3, 0.4) is 0 Å². The van der Waals surface area contributed by atoms with Gasteiger partial charge in [0.2, 0.25) is 5.91 Å². The number of hydrogen-bond donors (Lipinski definition) is 0. The fraction of sp³-hybridized carbons (Fsp3) is 0.348. The van der Waals surface area contributed by atoms with E-state index in [1.54, 1.807) is 7.11 Å². The number of carbonyl (C=O) groups is 1. The first-order valence-electron chi connectivity index (χ1n) is 9.66. The molecule has 0 fully saturated rings. The van der Waals surface area contributed by atoms with E-state index in [0.29, 0.717) is 19.1 Å². The van der Waals surface area contributed by atoms with Crippen molar-refractivity contribution in [2.75, 3.05) is 27.2 Å². The Morgan fingerprint density at radius 1 is 1.21 bits per heavy atom. The molecule has 2 aromatic carbocycles. The van der Waals surface area contributed by atoms with Crippen molar-refractivity contribution in [2.45, 2.75) is 25.9 Å². The quantitative estimate of drug-likeness (QED) is 0.639. The Hall–Kier alpha value is -2.37. The summed E-state index contributed by atoms with van der Waals surface area (Å²) in [6.45, 7) is 4.24. The zero-order valence-corrected chi connectivity index (χ0v) is 17.5. The number of methoxy groups -OCH3 is 1. The number of ether oxygens (including phenoxy) is 1. The molecule has 0 saturated heterocycles. The van der Waals surface area contributed by atoms with Crippen molar-refractivity contribution in [2.24, 2.45) is 0 Å². The van der Waals surface area contributed by atoms with E-state index in [0.717, 1.165) is 35.1 Å². The first-order chi connectivity index (χ1) is 13.5. The Morgan fingerprint density at radius 3 is 2.82 bits per heavy atom. The van der Waals surface area contributed by atoms with Crippen molar-refractivity contribution < 1.29 is 9.53 Å². The summed E-state index contributed by atoms with van der Waals surface area (Å²) in [5.41, 5.74) is 2.52. The number of amides is 1. The van der Waals surface area contributed by atoms with Crippen molar-refractivity contribution in [1.29, 1.82) is 0 Å². The molecule has 0 N–H and O–H groups in total. The van der Waals surface area contributed by atoms with Crippen molar-refractivity contribution >= 4 is 28.0 Å². The van der Waals surface area contributed by atoms with Crippen LogP contribution in [0.4, 0.5) is 0 Å². The SMILES string of the molecule is COc1ccc2cc(CN(C)C(=O)CN3CCc4sccc4[C@@H]3C)ccc2c1. The molecule has 1 amide bonds. The van der Waals surface area contributed by atoms with Gasteiger partial charge in [0.25, 0.3) is 0 Å². The number of carbonyl (C=O) groups excluding carboxylic acids is 1. The Bertz CT molecular complexity index is 997. The molecule has 4 nitrogen and oxygen atoms in total. The molecule has 0 radical (unpaired) electrons. The van der Waals surface area contributed by atoms with E-state index in [2.05, 4.69) is 47.5 Å². The molecular formula is C23H26N2O2S. The van der Waals surface area contributed by atoms with Crippen molar-refractivity contribution in [1.82, 2.24) is 9.80 Å². The standard InChI is InChI=1S/C23H26N2O2S/c1-16-21-9-11-28-22(21)8-10-25(16)15-23(26)24(2)14-17-4-5-19-13-20(27-3)7-6-18(19)12-17/h4-7,9,11-13,16H,8,10,14-15H2,1-3H3/t16-/m0/s1. The summed E-state index contributed by atoms with van der Waals surface area (Å²) < 4.78 is 5.29. The second kappa shape index (κ2) is 7.94. The topological polar surface area (TPSA) is 32.8 Å². The average Bonchev–Trinajstić information content (AvgIpc) is 3.19. The summed E-state index contributed by atoms with van der Waals surface area (Å²) in [5.74, 6) is 1.03. The minimum atomic E-state index is 0.167. The first-order valence-corrected chi connectivity index (χ1v) is 10.5. The lowest BCUT2D eigenvalue weighted by molar-refractivity contribution is -0.132. The number of hydrogen-bond acceptors (Lipinski definition) is 4. The second-order valence-corrected chi connectivity index (χ2v) is 8.49. The molecule has 0 bridgehead atoms. The highest BCUT2D eigenvalue weighted by atomic mass is 32.1. The van der Waals surface area contributed by atoms with Gasteiger partial charge in [0.15, 0.2) is 0 Å². The lowest BCUT2D eigenvalue weighted by Crippen LogP contribution is -2.41. The van der Waals surface area contributed by atoms with E-state index in [1.807, 2.05) is 35.4 Å². The monoisotopic (exact) mass is 394 g/mol. The lowest BCUT2D eigenvalue weighted by Gasteiger charge is -2.34. The van der Waals surface area contributed by atoms with Crippen LogP contribution in [-0.4, -0.2) is 43.0 Å². The maximum atomic E-state index is 12.8. The molecule has 0 spiro atoms. The molecule has 3 aromatic rings. The molecule has 1 atom stereocenters. The van der Waals surface area contributed by atoms with Gasteiger partial charge in [-0.3, -0.25) is 9.69 Å². The third-order valence-electron chi connectivity index (χ3n) is 5.70. The van der Waals surface area contributed by atoms with Gasteiger partial charge < -0.3 is 9.64 Å². The van der Waals surface area contributed by atoms with E-state index in [-0.39, 0.29) is 5.91 Å². The Morgan fingerprint density at radius 2 is 2.00 bits per heavy atom. The van der Waals surface area contributed by atoms with E-state index in [1.165, 1.54) is 10.4 Å². The maximum Gasteiger partial charge on any atom is 0.236 e. The van der Waals surface area contributed by atoms with Crippen LogP contribution >= 0.6 is 11.3 Å². The van der Waals surface area contributed by atoms with Crippen LogP contribution in [-0.2, 0) is 17.8 Å². The summed E-state index contributed by atoms with van der Waals surface area (Å²) in [5, 5.41) is 4.47. The zero-order chi connectivity index (χ0) is 19.7. The van der Waals surface area contributed by atoms with Gasteiger partial charge in [0, 0.05) is 31.1 Å². The van der Waals surface area contributed by atoms with Gasteiger partial charge in [-0.1, -0.05) is 18.2 Å². The van der Waals surface area contributed by atoms with E-state index < -0.39 is 0 Å². The van der Waals surface area contributed by atoms with Gasteiger partial charge in [-0.2, -0.15) is 0 Å². The van der Waals surface area contributed by atoms with Crippen LogP contribution < -0.4 is 4.74 Å². The Balaban J connectivity index is 1.41. The van der Waals surface area contributed by atoms with Crippen LogP contribution in [0.25, 0.3) is 10.8 Å². The minimum absolute atomic E-state index is 0.167. The summed E-state index contributed by atoms with van der Waals surface area (Å²) in [7, 11) is 3.57. The highest BCUT2D eigenvalue weighted by Gasteiger charge is 2.27. The largest absolute Gasteiger partial charge is 0.497 e. The fourth-order valence-electron chi connectivity index (χ4n) is 3.93. The zero-order valence-electron chi connectivity index (χ0n) is 16.6. The van der Waals surface area contributed by atoms with E-state index in [4.69, 9.17) is 4.74 Å². The minimum Gasteiger partial charge on any atom is -0.497 e. The molecule has 0 saturated carbocycles. The van der Waals surface area contributed by atoms with Crippen molar-refractivity contribution in [3.05, 3.63) is 63.8 Å². The Labute approximate surface area is 170 Å². The smallest absolute Gasteiger partial charge is 0.236 e. The predicted molar refractivity (Wildman–Crippen MR) is 115 cm³/mol. The molecule has 0 aliphatic carbocycles. The third kappa shape index (κ3) is 3.77. The molecule has 146 valence electrons. The average molecular weight is 395 g/mol. The highest BCUT2D eigenvalue weighted by Crippen LogP contribution is 2.32. The number of fused-ring (bicyclic) bond motifs is 2. The lowest BCUT2D eigenvalue weighted by atomic mass is 10.0. The van der Waals surface area contributed by atoms with Crippen LogP contribution in [0.5, 0.6) is 5.75 Å². The predicted octanol–water partition coefficient (Wildman–Crippen LogP) is 4.49. The van der Waals surface area contributed by atoms with Gasteiger partial charge in [-0.05, 0) is 64.9 Å². The summed E-state index contributed by atoms with van der Waals surface area (Å²) >= 11 is 1.83. The van der Waals surface area contributed by atoms with Gasteiger partial charge in [-0.25, -0.2) is 0 Å². The normalized spacial score (nSPS) is 16.8. The second-order valence-electron chi connectivity index (χ2n) is 7.49. The first kappa shape index (κ1) is 19.0. The number of benzene rings is 2. The fourth-order valence-corrected chi connectivity index (χ4v) is 4.90. The number of nitrogens with zero attached hydrogens (tertiary/aromatic N) is 2. The molecular weight excluding hydrogens is 368 g/mol. The van der Waals surface area contributed by atoms with Gasteiger partial charge >= 0.3 is 0 Å². The molecule has 28 heavy (non-hydrogen) atoms. The van der Waals surface area contributed by atoms with Crippen LogP contribution in [0.2, 0.25) is 0 Å². The van der Waals surface area contributed by atoms with E-state index >= 15 is 0 Å². The highest BCUT2D eigenvalue weighted by molar-refractivity contribution is 7.10. The van der Waals surface area contributed by atoms with Crippen molar-refractivity contribution in [3.8, 4) is 5.75 Å². The van der Waals surface area contributed by atoms with Gasteiger partial charge in [0.1, 0.15) is 5.75 Å². The van der Waals surface area contributed by atoms with Gasteiger partial charge in [0.05, 0.1) is 13.7 Å². The van der Waals surface area contributed by atoms with E-state index in [9.17, 15) is 4.79 Å². The molecule has 1 aromatic heterocycles. The molecule has 5 heteroatoms. The molecule has 4 rings (SSSR count). The van der Waals surface area contributed by atoms with Crippen LogP contribution in [0.1, 0.15) is 29.0 Å². The Kier molecular flexibility index (Phi) is 5.38. The summed E-state index contributed by atoms with van der Waals surface area (Å²) in [4.78, 5) is 18.4. The molecule has 2 heterocycles. The van der Waals surface area contributed by atoms with Crippen molar-refractivity contribution in [3.63, 3.8) is 0 Å². The number of likely N-dealkylation sites (N-methyl/N-ethyl adjacent to an activating group) is 1. The summed E-state index contributed by atoms with van der Waals surface area (Å²) in [6, 6.07) is 14.9. The summed E-state index contributed by atoms with van der Waals surface area (Å²) in [6.07, 6.45) is 1.04. The molecule has 1 aliphatic rings. The molecule has 0 unspecified atom stereocenters. The number of thiophene rings is 1. The number of rotatable bonds is 5. The maximum absolute atomic E-state index is 12.8. The van der Waals surface area contributed by atoms with Crippen LogP contribution in [0.15, 0.2) is 47.8 Å². The molecule has 1 aliphatic heterocycles. The van der Waals surface area contributed by atoms with Gasteiger partial charge in [-0.15, -0.1) is 11.3 Å². The van der Waals surface area contributed by atoms with Crippen LogP contribution in [0, 0.1) is 0 Å². The third-order valence-corrected chi connectivity index (χ3v) is 6.70.